The lowest BCUT2D eigenvalue weighted by Gasteiger charge is -2.01. The van der Waals surface area contributed by atoms with Crippen molar-refractivity contribution < 1.29 is 4.79 Å². The number of aryl methyl sites for hydroxylation is 2. The van der Waals surface area contributed by atoms with Gasteiger partial charge >= 0.3 is 0 Å². The number of nitrogens with zero attached hydrogens (tertiary/aromatic N) is 1. The molecule has 0 saturated heterocycles. The van der Waals surface area contributed by atoms with E-state index in [9.17, 15) is 4.79 Å². The fraction of sp³-hybridized carbons (Fsp3) is 0.429. The third kappa shape index (κ3) is 1.62. The van der Waals surface area contributed by atoms with E-state index in [0.717, 1.165) is 17.1 Å². The zero-order valence-electron chi connectivity index (χ0n) is 7.14. The summed E-state index contributed by atoms with van der Waals surface area (Å²) in [5.41, 5.74) is 7.49. The quantitative estimate of drug-likeness (QED) is 0.577. The second-order valence-electron chi connectivity index (χ2n) is 2.56. The molecule has 0 bridgehead atoms. The Morgan fingerprint density at radius 2 is 2.33 bits per heavy atom. The predicted octanol–water partition coefficient (Wildman–Crippen LogP) is -0.0763. The molecule has 1 amide bonds. The maximum atomic E-state index is 10.9. The highest BCUT2D eigenvalue weighted by Crippen LogP contribution is 2.15. The molecule has 0 aromatic carbocycles. The van der Waals surface area contributed by atoms with E-state index in [2.05, 4.69) is 15.5 Å². The van der Waals surface area contributed by atoms with Crippen LogP contribution in [0.1, 0.15) is 11.4 Å². The van der Waals surface area contributed by atoms with Crippen LogP contribution in [0.15, 0.2) is 0 Å². The summed E-state index contributed by atoms with van der Waals surface area (Å²) in [4.78, 5) is 10.9. The van der Waals surface area contributed by atoms with Gasteiger partial charge in [0.2, 0.25) is 5.91 Å². The Kier molecular flexibility index (Phi) is 2.44. The summed E-state index contributed by atoms with van der Waals surface area (Å²) in [7, 11) is 0. The van der Waals surface area contributed by atoms with Crippen LogP contribution in [-0.4, -0.2) is 22.6 Å². The van der Waals surface area contributed by atoms with E-state index in [1.54, 1.807) is 0 Å². The van der Waals surface area contributed by atoms with Crippen molar-refractivity contribution in [2.45, 2.75) is 13.8 Å². The number of hydrogen-bond acceptors (Lipinski definition) is 3. The van der Waals surface area contributed by atoms with Gasteiger partial charge < -0.3 is 11.1 Å². The number of nitrogens with one attached hydrogen (secondary N) is 2. The summed E-state index contributed by atoms with van der Waals surface area (Å²) in [6, 6.07) is 0. The Balaban J connectivity index is 2.80. The van der Waals surface area contributed by atoms with Gasteiger partial charge in [-0.1, -0.05) is 0 Å². The minimum atomic E-state index is -0.206. The van der Waals surface area contributed by atoms with Crippen LogP contribution in [0.5, 0.6) is 0 Å². The van der Waals surface area contributed by atoms with Crippen molar-refractivity contribution in [2.24, 2.45) is 5.73 Å². The van der Waals surface area contributed by atoms with Crippen molar-refractivity contribution in [3.05, 3.63) is 11.4 Å². The fourth-order valence-corrected chi connectivity index (χ4v) is 0.926. The van der Waals surface area contributed by atoms with Crippen molar-refractivity contribution in [1.29, 1.82) is 0 Å². The van der Waals surface area contributed by atoms with E-state index in [1.165, 1.54) is 0 Å². The molecule has 0 aliphatic carbocycles. The highest BCUT2D eigenvalue weighted by molar-refractivity contribution is 5.93. The maximum absolute atomic E-state index is 10.9. The number of hydrogen-bond donors (Lipinski definition) is 3. The molecule has 5 heteroatoms. The molecule has 5 nitrogen and oxygen atoms in total. The third-order valence-corrected chi connectivity index (χ3v) is 1.58. The van der Waals surface area contributed by atoms with Gasteiger partial charge in [-0.05, 0) is 13.8 Å². The fourth-order valence-electron chi connectivity index (χ4n) is 0.926. The molecule has 0 aliphatic heterocycles. The molecular formula is C7H12N4O. The van der Waals surface area contributed by atoms with Crippen LogP contribution in [-0.2, 0) is 4.79 Å². The molecule has 0 spiro atoms. The Morgan fingerprint density at radius 3 is 2.75 bits per heavy atom. The van der Waals surface area contributed by atoms with Crippen LogP contribution in [0.25, 0.3) is 0 Å². The molecule has 1 rings (SSSR count). The maximum Gasteiger partial charge on any atom is 0.238 e. The Labute approximate surface area is 70.3 Å². The third-order valence-electron chi connectivity index (χ3n) is 1.58. The van der Waals surface area contributed by atoms with Gasteiger partial charge in [0.25, 0.3) is 0 Å². The Hall–Kier alpha value is -1.36. The molecule has 4 N–H and O–H groups in total. The van der Waals surface area contributed by atoms with Crippen molar-refractivity contribution >= 4 is 11.6 Å². The first-order valence-corrected chi connectivity index (χ1v) is 3.66. The number of aromatic amines is 1. The lowest BCUT2D eigenvalue weighted by molar-refractivity contribution is -0.114. The van der Waals surface area contributed by atoms with Crippen molar-refractivity contribution in [3.8, 4) is 0 Å². The molecular weight excluding hydrogens is 156 g/mol. The molecule has 0 aliphatic rings. The number of aromatic nitrogens is 2. The first-order chi connectivity index (χ1) is 5.65. The standard InChI is InChI=1S/C7H12N4O/c1-4-7(5(2)11-10-4)9-6(12)3-8/h3,8H2,1-2H3,(H,9,12)(H,10,11). The normalized spacial score (nSPS) is 9.92. The summed E-state index contributed by atoms with van der Waals surface area (Å²) in [5, 5.41) is 9.33. The first-order valence-electron chi connectivity index (χ1n) is 3.66. The number of H-pyrrole nitrogens is 1. The lowest BCUT2D eigenvalue weighted by atomic mass is 10.3. The average molecular weight is 168 g/mol. The van der Waals surface area contributed by atoms with Gasteiger partial charge in [0.1, 0.15) is 0 Å². The summed E-state index contributed by atoms with van der Waals surface area (Å²) in [6.07, 6.45) is 0. The molecule has 0 atom stereocenters. The van der Waals surface area contributed by atoms with Crippen LogP contribution in [0, 0.1) is 13.8 Å². The molecule has 1 aromatic rings. The van der Waals surface area contributed by atoms with Gasteiger partial charge in [0, 0.05) is 0 Å². The van der Waals surface area contributed by atoms with E-state index in [0.29, 0.717) is 0 Å². The minimum absolute atomic E-state index is 0.00986. The largest absolute Gasteiger partial charge is 0.322 e. The summed E-state index contributed by atoms with van der Waals surface area (Å²) in [5.74, 6) is -0.206. The van der Waals surface area contributed by atoms with E-state index >= 15 is 0 Å². The number of carbonyl (C=O) groups excluding carboxylic acids is 1. The number of rotatable bonds is 2. The summed E-state index contributed by atoms with van der Waals surface area (Å²) >= 11 is 0. The van der Waals surface area contributed by atoms with Gasteiger partial charge in [-0.25, -0.2) is 0 Å². The van der Waals surface area contributed by atoms with Crippen LogP contribution in [0.4, 0.5) is 5.69 Å². The SMILES string of the molecule is Cc1n[nH]c(C)c1NC(=O)CN. The minimum Gasteiger partial charge on any atom is -0.322 e. The van der Waals surface area contributed by atoms with Crippen molar-refractivity contribution in [3.63, 3.8) is 0 Å². The molecule has 1 heterocycles. The van der Waals surface area contributed by atoms with Gasteiger partial charge in [-0.3, -0.25) is 9.89 Å². The molecule has 1 aromatic heterocycles. The van der Waals surface area contributed by atoms with Crippen LogP contribution >= 0.6 is 0 Å². The first kappa shape index (κ1) is 8.73. The van der Waals surface area contributed by atoms with Gasteiger partial charge in [-0.15, -0.1) is 0 Å². The van der Waals surface area contributed by atoms with Crippen molar-refractivity contribution in [1.82, 2.24) is 10.2 Å². The number of anilines is 1. The van der Waals surface area contributed by atoms with E-state index in [1.807, 2.05) is 13.8 Å². The van der Waals surface area contributed by atoms with Gasteiger partial charge in [0.05, 0.1) is 23.6 Å². The van der Waals surface area contributed by atoms with Crippen LogP contribution in [0.2, 0.25) is 0 Å². The highest BCUT2D eigenvalue weighted by atomic mass is 16.1. The highest BCUT2D eigenvalue weighted by Gasteiger charge is 2.07. The molecule has 66 valence electrons. The summed E-state index contributed by atoms with van der Waals surface area (Å²) in [6.45, 7) is 3.64. The zero-order chi connectivity index (χ0) is 9.14. The van der Waals surface area contributed by atoms with Gasteiger partial charge in [0.15, 0.2) is 0 Å². The molecule has 0 radical (unpaired) electrons. The number of carbonyl (C=O) groups is 1. The average Bonchev–Trinajstić information content (AvgIpc) is 2.35. The number of amides is 1. The van der Waals surface area contributed by atoms with Gasteiger partial charge in [-0.2, -0.15) is 5.10 Å². The Morgan fingerprint density at radius 1 is 1.67 bits per heavy atom. The number of nitrogens with two attached hydrogens (primary N) is 1. The second-order valence-corrected chi connectivity index (χ2v) is 2.56. The van der Waals surface area contributed by atoms with E-state index < -0.39 is 0 Å². The molecule has 0 fully saturated rings. The van der Waals surface area contributed by atoms with Crippen LogP contribution < -0.4 is 11.1 Å². The van der Waals surface area contributed by atoms with E-state index in [4.69, 9.17) is 5.73 Å². The Bertz CT molecular complexity index is 272. The topological polar surface area (TPSA) is 83.8 Å². The molecule has 0 saturated carbocycles. The van der Waals surface area contributed by atoms with Crippen LogP contribution in [0.3, 0.4) is 0 Å². The predicted molar refractivity (Wildman–Crippen MR) is 45.7 cm³/mol. The zero-order valence-corrected chi connectivity index (χ0v) is 7.14. The van der Waals surface area contributed by atoms with E-state index in [-0.39, 0.29) is 12.5 Å². The van der Waals surface area contributed by atoms with Crippen molar-refractivity contribution in [2.75, 3.05) is 11.9 Å². The molecule has 12 heavy (non-hydrogen) atoms. The summed E-state index contributed by atoms with van der Waals surface area (Å²) < 4.78 is 0. The molecule has 0 unspecified atom stereocenters. The monoisotopic (exact) mass is 168 g/mol. The lowest BCUT2D eigenvalue weighted by Crippen LogP contribution is -2.22. The smallest absolute Gasteiger partial charge is 0.238 e. The second kappa shape index (κ2) is 3.36.